The van der Waals surface area contributed by atoms with Gasteiger partial charge in [0.05, 0.1) is 0 Å². The summed E-state index contributed by atoms with van der Waals surface area (Å²) in [6, 6.07) is 15.2. The standard InChI is InChI=1S/C21H25.C5H5.2ClH.Hf/c1-20(2,3)16-7-9-18-14(12-16)11-15-13-17(21(4,5)6)8-10-19(15)18;1-2-4-5-3-1;;;/h7-10,12H,11H2,1-6H3;1-3H,4H2;2*1H;/q2*-1;;;+4/p-2. The number of fused-ring (bicyclic) bond motifs is 3. The smallest absolute Gasteiger partial charge is 1.00 e. The third kappa shape index (κ3) is 6.94. The van der Waals surface area contributed by atoms with Crippen LogP contribution in [0.15, 0.2) is 48.6 Å². The summed E-state index contributed by atoms with van der Waals surface area (Å²) in [7, 11) is 0. The minimum absolute atomic E-state index is 0. The predicted octanol–water partition coefficient (Wildman–Crippen LogP) is 0.964. The molecule has 0 atom stereocenters. The molecule has 0 fully saturated rings. The molecule has 0 amide bonds. The quantitative estimate of drug-likeness (QED) is 0.270. The first-order valence-corrected chi connectivity index (χ1v) is 9.57. The van der Waals surface area contributed by atoms with Crippen molar-refractivity contribution in [2.75, 3.05) is 0 Å². The third-order valence-electron chi connectivity index (χ3n) is 5.05. The molecule has 0 aliphatic heterocycles. The second-order valence-corrected chi connectivity index (χ2v) is 9.32. The first-order valence-electron chi connectivity index (χ1n) is 9.57. The fourth-order valence-corrected chi connectivity index (χ4v) is 3.37. The topological polar surface area (TPSA) is 0 Å². The van der Waals surface area contributed by atoms with Crippen molar-refractivity contribution in [3.8, 4) is 11.1 Å². The van der Waals surface area contributed by atoms with Gasteiger partial charge in [0.15, 0.2) is 0 Å². The van der Waals surface area contributed by atoms with E-state index in [2.05, 4.69) is 90.1 Å². The van der Waals surface area contributed by atoms with Gasteiger partial charge in [0.2, 0.25) is 0 Å². The molecule has 0 aromatic heterocycles. The minimum atomic E-state index is 0. The molecule has 0 unspecified atom stereocenters. The predicted molar refractivity (Wildman–Crippen MR) is 112 cm³/mol. The van der Waals surface area contributed by atoms with Crippen LogP contribution in [0.5, 0.6) is 0 Å². The van der Waals surface area contributed by atoms with Crippen molar-refractivity contribution < 1.29 is 50.7 Å². The van der Waals surface area contributed by atoms with Gasteiger partial charge in [-0.1, -0.05) is 65.3 Å². The van der Waals surface area contributed by atoms with Crippen LogP contribution in [0.1, 0.15) is 70.2 Å². The summed E-state index contributed by atoms with van der Waals surface area (Å²) in [5.74, 6) is 0. The van der Waals surface area contributed by atoms with Crippen molar-refractivity contribution in [2.24, 2.45) is 0 Å². The molecular formula is C26H30Cl2Hf. The van der Waals surface area contributed by atoms with Crippen LogP contribution in [0.25, 0.3) is 11.1 Å². The van der Waals surface area contributed by atoms with E-state index >= 15 is 0 Å². The molecule has 0 bridgehead atoms. The van der Waals surface area contributed by atoms with Crippen LogP contribution in [0.4, 0.5) is 0 Å². The summed E-state index contributed by atoms with van der Waals surface area (Å²) < 4.78 is 0. The Balaban J connectivity index is 0.000000863. The molecule has 0 spiro atoms. The number of benzene rings is 2. The second kappa shape index (κ2) is 11.1. The molecule has 0 radical (unpaired) electrons. The van der Waals surface area contributed by atoms with Gasteiger partial charge >= 0.3 is 25.8 Å². The first-order chi connectivity index (χ1) is 12.2. The van der Waals surface area contributed by atoms with Gasteiger partial charge in [0.1, 0.15) is 0 Å². The van der Waals surface area contributed by atoms with E-state index in [0.717, 1.165) is 12.8 Å². The third-order valence-corrected chi connectivity index (χ3v) is 5.05. The SMILES string of the molecule is CC(C)(C)c1[c-]c2c(cc1)-c1ccc(C(C)(C)C)cc1C2.[C-]1=CC=CC1.[Cl-].[Cl-].[Hf+4]. The molecule has 29 heavy (non-hydrogen) atoms. The monoisotopic (exact) mass is 592 g/mol. The molecule has 2 aromatic rings. The van der Waals surface area contributed by atoms with Gasteiger partial charge in [0, 0.05) is 0 Å². The van der Waals surface area contributed by atoms with E-state index in [0.29, 0.717) is 0 Å². The van der Waals surface area contributed by atoms with Crippen LogP contribution in [0.3, 0.4) is 0 Å². The fourth-order valence-electron chi connectivity index (χ4n) is 3.37. The minimum Gasteiger partial charge on any atom is -1.00 e. The van der Waals surface area contributed by atoms with Gasteiger partial charge in [0.25, 0.3) is 0 Å². The number of hydrogen-bond donors (Lipinski definition) is 0. The van der Waals surface area contributed by atoms with E-state index in [1.807, 2.05) is 12.2 Å². The van der Waals surface area contributed by atoms with Crippen molar-refractivity contribution in [2.45, 2.75) is 65.2 Å². The molecule has 0 heterocycles. The zero-order chi connectivity index (χ0) is 18.9. The van der Waals surface area contributed by atoms with Gasteiger partial charge in [-0.25, -0.2) is 12.2 Å². The van der Waals surface area contributed by atoms with Gasteiger partial charge in [-0.3, -0.25) is 6.08 Å². The molecule has 3 heteroatoms. The molecule has 0 N–H and O–H groups in total. The maximum absolute atomic E-state index is 3.67. The Morgan fingerprint density at radius 3 is 1.97 bits per heavy atom. The average Bonchev–Trinajstić information content (AvgIpc) is 3.23. The van der Waals surface area contributed by atoms with Crippen LogP contribution in [0.2, 0.25) is 0 Å². The zero-order valence-electron chi connectivity index (χ0n) is 18.3. The number of hydrogen-bond acceptors (Lipinski definition) is 0. The molecule has 2 aromatic carbocycles. The van der Waals surface area contributed by atoms with E-state index in [1.54, 1.807) is 0 Å². The van der Waals surface area contributed by atoms with Crippen molar-refractivity contribution in [3.05, 3.63) is 83.0 Å². The molecule has 152 valence electrons. The van der Waals surface area contributed by atoms with Crippen molar-refractivity contribution in [3.63, 3.8) is 0 Å². The van der Waals surface area contributed by atoms with Crippen LogP contribution < -0.4 is 24.8 Å². The van der Waals surface area contributed by atoms with Crippen LogP contribution >= 0.6 is 0 Å². The van der Waals surface area contributed by atoms with Gasteiger partial charge in [-0.15, -0.1) is 17.5 Å². The Morgan fingerprint density at radius 2 is 1.48 bits per heavy atom. The van der Waals surface area contributed by atoms with Crippen molar-refractivity contribution >= 4 is 0 Å². The molecule has 0 saturated carbocycles. The summed E-state index contributed by atoms with van der Waals surface area (Å²) in [4.78, 5) is 0. The van der Waals surface area contributed by atoms with Crippen LogP contribution in [0, 0.1) is 12.1 Å². The molecule has 4 rings (SSSR count). The van der Waals surface area contributed by atoms with Gasteiger partial charge in [-0.2, -0.15) is 29.8 Å². The summed E-state index contributed by atoms with van der Waals surface area (Å²) in [6.07, 6.45) is 11.0. The molecule has 0 nitrogen and oxygen atoms in total. The maximum Gasteiger partial charge on any atom is 4.00 e. The van der Waals surface area contributed by atoms with E-state index in [-0.39, 0.29) is 61.5 Å². The molecule has 2 aliphatic carbocycles. The zero-order valence-corrected chi connectivity index (χ0v) is 23.4. The summed E-state index contributed by atoms with van der Waals surface area (Å²) in [5.41, 5.74) is 8.70. The number of allylic oxidation sites excluding steroid dienone is 4. The molecule has 2 aliphatic rings. The Labute approximate surface area is 208 Å². The Bertz CT molecular complexity index is 794. The van der Waals surface area contributed by atoms with Gasteiger partial charge < -0.3 is 24.8 Å². The fraction of sp³-hybridized carbons (Fsp3) is 0.385. The number of rotatable bonds is 0. The summed E-state index contributed by atoms with van der Waals surface area (Å²) in [5, 5.41) is 0. The van der Waals surface area contributed by atoms with Gasteiger partial charge in [-0.05, 0) is 28.4 Å². The Kier molecular flexibility index (Phi) is 10.9. The van der Waals surface area contributed by atoms with E-state index < -0.39 is 0 Å². The average molecular weight is 592 g/mol. The maximum atomic E-state index is 3.67. The molecular weight excluding hydrogens is 562 g/mol. The van der Waals surface area contributed by atoms with Crippen molar-refractivity contribution in [1.29, 1.82) is 0 Å². The number of halogens is 2. The van der Waals surface area contributed by atoms with E-state index in [1.165, 1.54) is 33.4 Å². The van der Waals surface area contributed by atoms with E-state index in [4.69, 9.17) is 0 Å². The van der Waals surface area contributed by atoms with Crippen molar-refractivity contribution in [1.82, 2.24) is 0 Å². The van der Waals surface area contributed by atoms with E-state index in [9.17, 15) is 0 Å². The second-order valence-electron chi connectivity index (χ2n) is 9.32. The summed E-state index contributed by atoms with van der Waals surface area (Å²) in [6.45, 7) is 13.6. The summed E-state index contributed by atoms with van der Waals surface area (Å²) >= 11 is 0. The van der Waals surface area contributed by atoms with Crippen LogP contribution in [-0.2, 0) is 43.1 Å². The molecule has 0 saturated heterocycles. The first kappa shape index (κ1) is 28.4. The Morgan fingerprint density at radius 1 is 0.828 bits per heavy atom. The Hall–Kier alpha value is -0.630. The largest absolute Gasteiger partial charge is 4.00 e. The van der Waals surface area contributed by atoms with Crippen LogP contribution in [-0.4, -0.2) is 0 Å². The normalized spacial score (nSPS) is 13.2.